The number of carbonyl (C=O) groups is 3. The highest BCUT2D eigenvalue weighted by Gasteiger charge is 2.37. The first kappa shape index (κ1) is 20.6. The number of nitrogens with zero attached hydrogens (tertiary/aromatic N) is 3. The van der Waals surface area contributed by atoms with Crippen LogP contribution in [0.2, 0.25) is 0 Å². The first-order chi connectivity index (χ1) is 13.8. The molecular formula is C18H19N3O7S. The zero-order valence-electron chi connectivity index (χ0n) is 15.6. The summed E-state index contributed by atoms with van der Waals surface area (Å²) in [4.78, 5) is 50.1. The number of hydrogen-bond acceptors (Lipinski definition) is 8. The molecule has 2 aliphatic rings. The molecule has 3 amide bonds. The Morgan fingerprint density at radius 3 is 2.62 bits per heavy atom. The Hall–Kier alpha value is -3.08. The number of likely N-dealkylation sites (tertiary alicyclic amines) is 1. The number of aromatic hydroxyl groups is 1. The number of carbonyl (C=O) groups excluding carboxylic acids is 3. The molecule has 2 aliphatic heterocycles. The van der Waals surface area contributed by atoms with Crippen molar-refractivity contribution in [1.29, 1.82) is 0 Å². The molecule has 0 radical (unpaired) electrons. The van der Waals surface area contributed by atoms with E-state index in [0.717, 1.165) is 36.3 Å². The molecule has 0 spiro atoms. The second-order valence-electron chi connectivity index (χ2n) is 6.55. The summed E-state index contributed by atoms with van der Waals surface area (Å²) in [5.41, 5.74) is -0.380. The molecule has 0 aromatic heterocycles. The lowest BCUT2D eigenvalue weighted by Crippen LogP contribution is -2.44. The number of nitro benzene ring substituents is 1. The van der Waals surface area contributed by atoms with E-state index < -0.39 is 21.8 Å². The van der Waals surface area contributed by atoms with Crippen molar-refractivity contribution in [1.82, 2.24) is 9.80 Å². The van der Waals surface area contributed by atoms with Gasteiger partial charge in [-0.15, -0.1) is 0 Å². The molecule has 0 aliphatic carbocycles. The first-order valence-electron chi connectivity index (χ1n) is 8.90. The van der Waals surface area contributed by atoms with Crippen LogP contribution < -0.4 is 4.74 Å². The molecule has 0 unspecified atom stereocenters. The Balaban J connectivity index is 1.83. The molecule has 0 saturated carbocycles. The van der Waals surface area contributed by atoms with Crippen molar-refractivity contribution in [2.24, 2.45) is 0 Å². The molecular weight excluding hydrogens is 402 g/mol. The van der Waals surface area contributed by atoms with Gasteiger partial charge in [-0.05, 0) is 37.1 Å². The Morgan fingerprint density at radius 1 is 1.31 bits per heavy atom. The van der Waals surface area contributed by atoms with E-state index in [-0.39, 0.29) is 34.4 Å². The van der Waals surface area contributed by atoms with E-state index in [9.17, 15) is 29.6 Å². The smallest absolute Gasteiger partial charge is 0.294 e. The van der Waals surface area contributed by atoms with Gasteiger partial charge in [-0.1, -0.05) is 0 Å². The molecule has 2 saturated heterocycles. The highest BCUT2D eigenvalue weighted by Crippen LogP contribution is 2.39. The van der Waals surface area contributed by atoms with Crippen molar-refractivity contribution in [2.75, 3.05) is 26.7 Å². The summed E-state index contributed by atoms with van der Waals surface area (Å²) in [6.07, 6.45) is 4.01. The molecule has 2 heterocycles. The van der Waals surface area contributed by atoms with Gasteiger partial charge in [0.05, 0.1) is 23.0 Å². The fraction of sp³-hybridized carbons (Fsp3) is 0.389. The van der Waals surface area contributed by atoms with E-state index in [0.29, 0.717) is 24.9 Å². The van der Waals surface area contributed by atoms with E-state index in [1.807, 2.05) is 0 Å². The number of phenolic OH excluding ortho intramolecular Hbond substituents is 1. The molecule has 0 atom stereocenters. The topological polar surface area (TPSA) is 130 Å². The van der Waals surface area contributed by atoms with Gasteiger partial charge in [0.2, 0.25) is 5.91 Å². The number of piperidine rings is 1. The Bertz CT molecular complexity index is 909. The van der Waals surface area contributed by atoms with Crippen LogP contribution in [-0.4, -0.2) is 63.6 Å². The minimum atomic E-state index is -0.685. The SMILES string of the molecule is COc1cc([N+](=O)[O-])cc(/C=C2\SC(=O)N(CC(=O)N3CCCCC3)C2=O)c1O. The molecule has 10 nitrogen and oxygen atoms in total. The van der Waals surface area contributed by atoms with Gasteiger partial charge >= 0.3 is 0 Å². The van der Waals surface area contributed by atoms with Crippen LogP contribution in [0.3, 0.4) is 0 Å². The molecule has 29 heavy (non-hydrogen) atoms. The highest BCUT2D eigenvalue weighted by atomic mass is 32.2. The number of hydrogen-bond donors (Lipinski definition) is 1. The van der Waals surface area contributed by atoms with Gasteiger partial charge in [0.25, 0.3) is 16.8 Å². The van der Waals surface area contributed by atoms with Gasteiger partial charge in [0, 0.05) is 24.7 Å². The predicted octanol–water partition coefficient (Wildman–Crippen LogP) is 2.36. The van der Waals surface area contributed by atoms with Crippen LogP contribution in [0, 0.1) is 10.1 Å². The fourth-order valence-electron chi connectivity index (χ4n) is 3.14. The van der Waals surface area contributed by atoms with Crippen molar-refractivity contribution in [2.45, 2.75) is 19.3 Å². The van der Waals surface area contributed by atoms with Crippen molar-refractivity contribution < 1.29 is 29.2 Å². The van der Waals surface area contributed by atoms with Crippen molar-refractivity contribution in [3.05, 3.63) is 32.7 Å². The zero-order valence-corrected chi connectivity index (χ0v) is 16.4. The van der Waals surface area contributed by atoms with Crippen LogP contribution in [0.4, 0.5) is 10.5 Å². The average molecular weight is 421 g/mol. The van der Waals surface area contributed by atoms with E-state index >= 15 is 0 Å². The van der Waals surface area contributed by atoms with Crippen LogP contribution in [0.25, 0.3) is 6.08 Å². The maximum absolute atomic E-state index is 12.6. The molecule has 1 aromatic carbocycles. The third-order valence-corrected chi connectivity index (χ3v) is 5.59. The third kappa shape index (κ3) is 4.34. The van der Waals surface area contributed by atoms with Crippen molar-refractivity contribution >= 4 is 40.6 Å². The van der Waals surface area contributed by atoms with Gasteiger partial charge in [-0.25, -0.2) is 0 Å². The van der Waals surface area contributed by atoms with Crippen LogP contribution in [0.15, 0.2) is 17.0 Å². The fourth-order valence-corrected chi connectivity index (χ4v) is 3.97. The largest absolute Gasteiger partial charge is 0.504 e. The minimum Gasteiger partial charge on any atom is -0.504 e. The number of methoxy groups -OCH3 is 1. The number of imide groups is 1. The van der Waals surface area contributed by atoms with E-state index in [1.54, 1.807) is 4.90 Å². The molecule has 1 N–H and O–H groups in total. The summed E-state index contributed by atoms with van der Waals surface area (Å²) < 4.78 is 4.93. The molecule has 154 valence electrons. The molecule has 11 heteroatoms. The molecule has 1 aromatic rings. The average Bonchev–Trinajstić information content (AvgIpc) is 2.97. The number of rotatable bonds is 5. The second-order valence-corrected chi connectivity index (χ2v) is 7.55. The number of non-ortho nitro benzene ring substituents is 1. The predicted molar refractivity (Wildman–Crippen MR) is 104 cm³/mol. The zero-order chi connectivity index (χ0) is 21.1. The lowest BCUT2D eigenvalue weighted by molar-refractivity contribution is -0.385. The third-order valence-electron chi connectivity index (χ3n) is 4.68. The maximum atomic E-state index is 12.6. The number of phenols is 1. The number of amides is 3. The summed E-state index contributed by atoms with van der Waals surface area (Å²) in [6, 6.07) is 2.13. The summed E-state index contributed by atoms with van der Waals surface area (Å²) in [5, 5.41) is 20.7. The highest BCUT2D eigenvalue weighted by molar-refractivity contribution is 8.18. The summed E-state index contributed by atoms with van der Waals surface area (Å²) >= 11 is 0.608. The Kier molecular flexibility index (Phi) is 6.06. The number of benzene rings is 1. The van der Waals surface area contributed by atoms with Gasteiger partial charge in [-0.3, -0.25) is 29.4 Å². The standard InChI is InChI=1S/C18H19N3O7S/c1-28-13-9-12(21(26)27)7-11(16(13)23)8-14-17(24)20(18(25)29-14)10-15(22)19-5-3-2-4-6-19/h7-9,23H,2-6,10H2,1H3/b14-8-. The molecule has 2 fully saturated rings. The summed E-state index contributed by atoms with van der Waals surface area (Å²) in [7, 11) is 1.24. The van der Waals surface area contributed by atoms with Crippen LogP contribution in [0.1, 0.15) is 24.8 Å². The lowest BCUT2D eigenvalue weighted by atomic mass is 10.1. The Labute approximate surface area is 170 Å². The van der Waals surface area contributed by atoms with Gasteiger partial charge in [0.15, 0.2) is 11.5 Å². The number of ether oxygens (including phenoxy) is 1. The van der Waals surface area contributed by atoms with Crippen molar-refractivity contribution in [3.8, 4) is 11.5 Å². The van der Waals surface area contributed by atoms with Gasteiger partial charge in [-0.2, -0.15) is 0 Å². The minimum absolute atomic E-state index is 0.0380. The second kappa shape index (κ2) is 8.52. The molecule has 3 rings (SSSR count). The molecule has 0 bridgehead atoms. The summed E-state index contributed by atoms with van der Waals surface area (Å²) in [6.45, 7) is 0.852. The quantitative estimate of drug-likeness (QED) is 0.436. The van der Waals surface area contributed by atoms with E-state index in [4.69, 9.17) is 4.74 Å². The van der Waals surface area contributed by atoms with E-state index in [2.05, 4.69) is 0 Å². The number of thioether (sulfide) groups is 1. The van der Waals surface area contributed by atoms with Gasteiger partial charge < -0.3 is 14.7 Å². The van der Waals surface area contributed by atoms with Crippen LogP contribution >= 0.6 is 11.8 Å². The van der Waals surface area contributed by atoms with E-state index in [1.165, 1.54) is 13.2 Å². The Morgan fingerprint density at radius 2 is 2.00 bits per heavy atom. The lowest BCUT2D eigenvalue weighted by Gasteiger charge is -2.27. The van der Waals surface area contributed by atoms with Crippen LogP contribution in [0.5, 0.6) is 11.5 Å². The normalized spacial score (nSPS) is 18.4. The van der Waals surface area contributed by atoms with Gasteiger partial charge in [0.1, 0.15) is 6.54 Å². The van der Waals surface area contributed by atoms with Crippen molar-refractivity contribution in [3.63, 3.8) is 0 Å². The number of nitro groups is 1. The van der Waals surface area contributed by atoms with Crippen LogP contribution in [-0.2, 0) is 9.59 Å². The first-order valence-corrected chi connectivity index (χ1v) is 9.72. The summed E-state index contributed by atoms with van der Waals surface area (Å²) in [5.74, 6) is -1.51. The monoisotopic (exact) mass is 421 g/mol. The maximum Gasteiger partial charge on any atom is 0.294 e.